The molecule has 2 saturated heterocycles. The maximum atomic E-state index is 12.1. The van der Waals surface area contributed by atoms with E-state index in [-0.39, 0.29) is 24.6 Å². The number of thioether (sulfide) groups is 1. The molecule has 2 aliphatic rings. The second-order valence-corrected chi connectivity index (χ2v) is 5.30. The predicted octanol–water partition coefficient (Wildman–Crippen LogP) is -0.793. The fraction of sp³-hybridized carbons (Fsp3) is 0.800. The van der Waals surface area contributed by atoms with Crippen LogP contribution in [0.3, 0.4) is 0 Å². The van der Waals surface area contributed by atoms with Gasteiger partial charge in [-0.2, -0.15) is 0 Å². The SMILES string of the molecule is CN(C(=O)C1CSCN1)C1COCC1C(=O)O. The van der Waals surface area contributed by atoms with Gasteiger partial charge in [-0.1, -0.05) is 0 Å². The van der Waals surface area contributed by atoms with E-state index in [1.807, 2.05) is 0 Å². The number of hydrogen-bond donors (Lipinski definition) is 2. The van der Waals surface area contributed by atoms with Gasteiger partial charge in [0.25, 0.3) is 0 Å². The monoisotopic (exact) mass is 260 g/mol. The van der Waals surface area contributed by atoms with Crippen LogP contribution in [0, 0.1) is 5.92 Å². The zero-order valence-corrected chi connectivity index (χ0v) is 10.4. The van der Waals surface area contributed by atoms with Crippen LogP contribution in [-0.2, 0) is 14.3 Å². The minimum absolute atomic E-state index is 0.0447. The lowest BCUT2D eigenvalue weighted by atomic mass is 10.0. The van der Waals surface area contributed by atoms with Gasteiger partial charge in [-0.25, -0.2) is 0 Å². The molecule has 0 aliphatic carbocycles. The minimum Gasteiger partial charge on any atom is -0.481 e. The summed E-state index contributed by atoms with van der Waals surface area (Å²) in [4.78, 5) is 24.6. The van der Waals surface area contributed by atoms with Crippen LogP contribution in [0.25, 0.3) is 0 Å². The van der Waals surface area contributed by atoms with Gasteiger partial charge >= 0.3 is 5.97 Å². The van der Waals surface area contributed by atoms with Crippen molar-refractivity contribution in [1.29, 1.82) is 0 Å². The molecule has 0 radical (unpaired) electrons. The maximum Gasteiger partial charge on any atom is 0.311 e. The molecule has 2 N–H and O–H groups in total. The molecule has 2 aliphatic heterocycles. The van der Waals surface area contributed by atoms with Gasteiger partial charge in [-0.15, -0.1) is 11.8 Å². The lowest BCUT2D eigenvalue weighted by Crippen LogP contribution is -2.50. The number of nitrogens with zero attached hydrogens (tertiary/aromatic N) is 1. The van der Waals surface area contributed by atoms with E-state index < -0.39 is 11.9 Å². The van der Waals surface area contributed by atoms with Crippen LogP contribution in [-0.4, -0.2) is 65.9 Å². The van der Waals surface area contributed by atoms with Crippen LogP contribution >= 0.6 is 11.8 Å². The molecule has 0 bridgehead atoms. The first-order valence-electron chi connectivity index (χ1n) is 5.49. The van der Waals surface area contributed by atoms with E-state index in [9.17, 15) is 9.59 Å². The fourth-order valence-corrected chi connectivity index (χ4v) is 3.06. The van der Waals surface area contributed by atoms with Gasteiger partial charge in [0.05, 0.1) is 25.3 Å². The van der Waals surface area contributed by atoms with Crippen molar-refractivity contribution in [1.82, 2.24) is 10.2 Å². The number of amides is 1. The normalized spacial score (nSPS) is 32.6. The van der Waals surface area contributed by atoms with Crippen LogP contribution in [0.15, 0.2) is 0 Å². The summed E-state index contributed by atoms with van der Waals surface area (Å²) in [6.45, 7) is 0.490. The Morgan fingerprint density at radius 2 is 2.24 bits per heavy atom. The predicted molar refractivity (Wildman–Crippen MR) is 62.8 cm³/mol. The molecular formula is C10H16N2O4S. The molecule has 3 unspecified atom stereocenters. The van der Waals surface area contributed by atoms with E-state index in [2.05, 4.69) is 5.32 Å². The molecule has 0 aromatic carbocycles. The third kappa shape index (κ3) is 2.56. The highest BCUT2D eigenvalue weighted by atomic mass is 32.2. The first-order valence-corrected chi connectivity index (χ1v) is 6.65. The molecule has 0 saturated carbocycles. The lowest BCUT2D eigenvalue weighted by Gasteiger charge is -2.28. The third-order valence-electron chi connectivity index (χ3n) is 3.23. The number of rotatable bonds is 3. The summed E-state index contributed by atoms with van der Waals surface area (Å²) in [5.41, 5.74) is 0. The number of carboxylic acid groups (broad SMARTS) is 1. The van der Waals surface area contributed by atoms with Gasteiger partial charge in [0, 0.05) is 18.7 Å². The van der Waals surface area contributed by atoms with Gasteiger partial charge in [-0.05, 0) is 0 Å². The van der Waals surface area contributed by atoms with E-state index in [1.54, 1.807) is 18.8 Å². The molecule has 0 spiro atoms. The molecule has 2 rings (SSSR count). The van der Waals surface area contributed by atoms with Crippen molar-refractivity contribution in [3.63, 3.8) is 0 Å². The van der Waals surface area contributed by atoms with Crippen molar-refractivity contribution in [2.45, 2.75) is 12.1 Å². The number of carbonyl (C=O) groups excluding carboxylic acids is 1. The van der Waals surface area contributed by atoms with E-state index in [0.717, 1.165) is 11.6 Å². The molecule has 0 aromatic rings. The first kappa shape index (κ1) is 12.7. The van der Waals surface area contributed by atoms with Gasteiger partial charge in [-0.3, -0.25) is 14.9 Å². The van der Waals surface area contributed by atoms with E-state index in [0.29, 0.717) is 6.61 Å². The van der Waals surface area contributed by atoms with Crippen molar-refractivity contribution >= 4 is 23.6 Å². The Morgan fingerprint density at radius 3 is 2.82 bits per heavy atom. The smallest absolute Gasteiger partial charge is 0.311 e. The standard InChI is InChI=1S/C10H16N2O4S/c1-12(9(13)7-4-17-5-11-7)8-3-16-2-6(8)10(14)15/h6-8,11H,2-5H2,1H3,(H,14,15). The molecule has 0 aromatic heterocycles. The highest BCUT2D eigenvalue weighted by Gasteiger charge is 2.40. The number of nitrogens with one attached hydrogen (secondary N) is 1. The van der Waals surface area contributed by atoms with Crippen LogP contribution in [0.4, 0.5) is 0 Å². The molecular weight excluding hydrogens is 244 g/mol. The Hall–Kier alpha value is -0.790. The summed E-state index contributed by atoms with van der Waals surface area (Å²) < 4.78 is 5.16. The summed E-state index contributed by atoms with van der Waals surface area (Å²) >= 11 is 1.67. The van der Waals surface area contributed by atoms with Crippen LogP contribution in [0.2, 0.25) is 0 Å². The first-order chi connectivity index (χ1) is 8.11. The molecule has 96 valence electrons. The Morgan fingerprint density at radius 1 is 1.47 bits per heavy atom. The topological polar surface area (TPSA) is 78.9 Å². The maximum absolute atomic E-state index is 12.1. The molecule has 3 atom stereocenters. The second-order valence-electron chi connectivity index (χ2n) is 4.27. The average Bonchev–Trinajstić information content (AvgIpc) is 2.97. The summed E-state index contributed by atoms with van der Waals surface area (Å²) in [5.74, 6) is -0.0434. The average molecular weight is 260 g/mol. The van der Waals surface area contributed by atoms with Crippen molar-refractivity contribution in [3.05, 3.63) is 0 Å². The van der Waals surface area contributed by atoms with Crippen molar-refractivity contribution in [2.24, 2.45) is 5.92 Å². The Bertz CT molecular complexity index is 319. The number of carbonyl (C=O) groups is 2. The van der Waals surface area contributed by atoms with Crippen LogP contribution < -0.4 is 5.32 Å². The molecule has 2 heterocycles. The van der Waals surface area contributed by atoms with Gasteiger partial charge in [0.1, 0.15) is 5.92 Å². The van der Waals surface area contributed by atoms with Crippen LogP contribution in [0.1, 0.15) is 0 Å². The highest BCUT2D eigenvalue weighted by molar-refractivity contribution is 7.99. The largest absolute Gasteiger partial charge is 0.481 e. The molecule has 17 heavy (non-hydrogen) atoms. The number of carboxylic acids is 1. The molecule has 6 nitrogen and oxygen atoms in total. The second kappa shape index (κ2) is 5.24. The summed E-state index contributed by atoms with van der Waals surface area (Å²) in [6, 6.07) is -0.549. The Labute approximate surface area is 104 Å². The van der Waals surface area contributed by atoms with E-state index >= 15 is 0 Å². The number of aliphatic carboxylic acids is 1. The van der Waals surface area contributed by atoms with Crippen molar-refractivity contribution in [3.8, 4) is 0 Å². The van der Waals surface area contributed by atoms with Gasteiger partial charge < -0.3 is 14.7 Å². The number of hydrogen-bond acceptors (Lipinski definition) is 5. The summed E-state index contributed by atoms with van der Waals surface area (Å²) in [7, 11) is 1.66. The Kier molecular flexibility index (Phi) is 3.90. The van der Waals surface area contributed by atoms with Crippen LogP contribution in [0.5, 0.6) is 0 Å². The quantitative estimate of drug-likeness (QED) is 0.692. The highest BCUT2D eigenvalue weighted by Crippen LogP contribution is 2.21. The third-order valence-corrected chi connectivity index (χ3v) is 4.17. The zero-order chi connectivity index (χ0) is 12.4. The molecule has 2 fully saturated rings. The lowest BCUT2D eigenvalue weighted by molar-refractivity contribution is -0.144. The minimum atomic E-state index is -0.902. The number of ether oxygens (including phenoxy) is 1. The zero-order valence-electron chi connectivity index (χ0n) is 9.59. The number of likely N-dealkylation sites (N-methyl/N-ethyl adjacent to an activating group) is 1. The Balaban J connectivity index is 2.00. The summed E-state index contributed by atoms with van der Waals surface area (Å²) in [5, 5.41) is 12.1. The van der Waals surface area contributed by atoms with E-state index in [1.165, 1.54) is 4.90 Å². The molecule has 1 amide bonds. The van der Waals surface area contributed by atoms with Gasteiger partial charge in [0.15, 0.2) is 0 Å². The van der Waals surface area contributed by atoms with Crippen molar-refractivity contribution in [2.75, 3.05) is 31.9 Å². The van der Waals surface area contributed by atoms with Gasteiger partial charge in [0.2, 0.25) is 5.91 Å². The molecule has 7 heteroatoms. The summed E-state index contributed by atoms with van der Waals surface area (Å²) in [6.07, 6.45) is 0. The fourth-order valence-electron chi connectivity index (χ4n) is 2.12. The van der Waals surface area contributed by atoms with Crippen molar-refractivity contribution < 1.29 is 19.4 Å². The van der Waals surface area contributed by atoms with E-state index in [4.69, 9.17) is 9.84 Å².